The molecular formula is C21H25F6N3O3. The lowest BCUT2D eigenvalue weighted by Gasteiger charge is -2.32. The van der Waals surface area contributed by atoms with Gasteiger partial charge in [-0.2, -0.15) is 13.2 Å². The Morgan fingerprint density at radius 1 is 1.06 bits per heavy atom. The number of amides is 2. The number of nitrogens with zero attached hydrogens (tertiary/aromatic N) is 1. The number of piperidine rings is 1. The van der Waals surface area contributed by atoms with Gasteiger partial charge in [-0.15, -0.1) is 13.2 Å². The van der Waals surface area contributed by atoms with Crippen molar-refractivity contribution in [1.29, 1.82) is 0 Å². The molecular weight excluding hydrogens is 456 g/mol. The van der Waals surface area contributed by atoms with Crippen molar-refractivity contribution in [2.45, 2.75) is 38.2 Å². The molecule has 12 heteroatoms. The minimum atomic E-state index is -4.84. The van der Waals surface area contributed by atoms with Crippen LogP contribution in [-0.4, -0.2) is 62.0 Å². The first-order chi connectivity index (χ1) is 15.4. The van der Waals surface area contributed by atoms with Crippen LogP contribution in [0.2, 0.25) is 0 Å². The Kier molecular flexibility index (Phi) is 7.45. The Hall–Kier alpha value is -2.50. The zero-order valence-corrected chi connectivity index (χ0v) is 17.7. The standard InChI is InChI=1S/C21H25F6N3O3/c22-20(23,24)19(6-7-19)18(32)28-8-11-30-9-4-14(5-10-30)13-29-17(31)15-2-1-3-16(12-15)33-21(25,26)27/h1-3,12,14H,4-11,13H2,(H,28,32)(H,29,31). The maximum absolute atomic E-state index is 12.9. The van der Waals surface area contributed by atoms with Gasteiger partial charge in [0.2, 0.25) is 5.91 Å². The Bertz CT molecular complexity index is 846. The first-order valence-corrected chi connectivity index (χ1v) is 10.6. The third-order valence-electron chi connectivity index (χ3n) is 6.03. The van der Waals surface area contributed by atoms with Crippen molar-refractivity contribution in [1.82, 2.24) is 15.5 Å². The van der Waals surface area contributed by atoms with Crippen LogP contribution in [0.1, 0.15) is 36.0 Å². The largest absolute Gasteiger partial charge is 0.573 e. The van der Waals surface area contributed by atoms with Gasteiger partial charge < -0.3 is 20.3 Å². The Morgan fingerprint density at radius 2 is 1.73 bits per heavy atom. The van der Waals surface area contributed by atoms with Crippen molar-refractivity contribution in [3.63, 3.8) is 0 Å². The van der Waals surface area contributed by atoms with Crippen LogP contribution >= 0.6 is 0 Å². The first kappa shape index (κ1) is 25.1. The second kappa shape index (κ2) is 9.78. The van der Waals surface area contributed by atoms with Crippen molar-refractivity contribution in [3.05, 3.63) is 29.8 Å². The van der Waals surface area contributed by atoms with Crippen molar-refractivity contribution >= 4 is 11.8 Å². The van der Waals surface area contributed by atoms with E-state index in [4.69, 9.17) is 0 Å². The smallest absolute Gasteiger partial charge is 0.406 e. The SMILES string of the molecule is O=C(NCC1CCN(CCNC(=O)C2(C(F)(F)F)CC2)CC1)c1cccc(OC(F)(F)F)c1. The third-order valence-corrected chi connectivity index (χ3v) is 6.03. The predicted molar refractivity (Wildman–Crippen MR) is 105 cm³/mol. The second-order valence-corrected chi connectivity index (χ2v) is 8.41. The molecule has 3 rings (SSSR count). The number of ether oxygens (including phenoxy) is 1. The monoisotopic (exact) mass is 481 g/mol. The highest BCUT2D eigenvalue weighted by Crippen LogP contribution is 2.57. The summed E-state index contributed by atoms with van der Waals surface area (Å²) in [6.07, 6.45) is -8.23. The van der Waals surface area contributed by atoms with E-state index in [0.29, 0.717) is 26.2 Å². The number of carbonyl (C=O) groups is 2. The molecule has 0 bridgehead atoms. The predicted octanol–water partition coefficient (Wildman–Crippen LogP) is 3.49. The van der Waals surface area contributed by atoms with E-state index in [0.717, 1.165) is 25.0 Å². The van der Waals surface area contributed by atoms with E-state index in [-0.39, 0.29) is 30.9 Å². The number of hydrogen-bond acceptors (Lipinski definition) is 4. The summed E-state index contributed by atoms with van der Waals surface area (Å²) < 4.78 is 79.6. The van der Waals surface area contributed by atoms with Crippen LogP contribution in [0.3, 0.4) is 0 Å². The molecule has 2 amide bonds. The van der Waals surface area contributed by atoms with Gasteiger partial charge in [0, 0.05) is 25.2 Å². The summed E-state index contributed by atoms with van der Waals surface area (Å²) in [7, 11) is 0. The molecule has 0 spiro atoms. The average molecular weight is 481 g/mol. The number of alkyl halides is 6. The molecule has 0 aromatic heterocycles. The molecule has 33 heavy (non-hydrogen) atoms. The normalized spacial score (nSPS) is 19.1. The number of carbonyl (C=O) groups excluding carboxylic acids is 2. The molecule has 1 heterocycles. The highest BCUT2D eigenvalue weighted by atomic mass is 19.4. The summed E-state index contributed by atoms with van der Waals surface area (Å²) in [6, 6.07) is 4.81. The number of halogens is 6. The van der Waals surface area contributed by atoms with Gasteiger partial charge in [-0.3, -0.25) is 9.59 Å². The molecule has 1 aliphatic heterocycles. The zero-order chi connectivity index (χ0) is 24.3. The van der Waals surface area contributed by atoms with Gasteiger partial charge in [-0.1, -0.05) is 6.07 Å². The molecule has 184 valence electrons. The van der Waals surface area contributed by atoms with Crippen LogP contribution in [-0.2, 0) is 4.79 Å². The fraction of sp³-hybridized carbons (Fsp3) is 0.619. The van der Waals surface area contributed by atoms with E-state index in [1.54, 1.807) is 0 Å². The Labute approximate surface area is 186 Å². The quantitative estimate of drug-likeness (QED) is 0.558. The van der Waals surface area contributed by atoms with E-state index < -0.39 is 35.5 Å². The van der Waals surface area contributed by atoms with Crippen molar-refractivity contribution in [2.75, 3.05) is 32.7 Å². The van der Waals surface area contributed by atoms with Gasteiger partial charge in [-0.25, -0.2) is 0 Å². The summed E-state index contributed by atoms with van der Waals surface area (Å²) in [4.78, 5) is 26.2. The van der Waals surface area contributed by atoms with Gasteiger partial charge in [0.1, 0.15) is 11.2 Å². The van der Waals surface area contributed by atoms with Gasteiger partial charge in [0.25, 0.3) is 5.91 Å². The van der Waals surface area contributed by atoms with Crippen molar-refractivity contribution in [2.24, 2.45) is 11.3 Å². The Morgan fingerprint density at radius 3 is 2.30 bits per heavy atom. The highest BCUT2D eigenvalue weighted by molar-refractivity contribution is 5.94. The van der Waals surface area contributed by atoms with Gasteiger partial charge in [0.15, 0.2) is 0 Å². The number of rotatable bonds is 8. The average Bonchev–Trinajstić information content (AvgIpc) is 3.54. The van der Waals surface area contributed by atoms with Gasteiger partial charge in [-0.05, 0) is 62.9 Å². The fourth-order valence-electron chi connectivity index (χ4n) is 3.85. The van der Waals surface area contributed by atoms with E-state index >= 15 is 0 Å². The first-order valence-electron chi connectivity index (χ1n) is 10.6. The van der Waals surface area contributed by atoms with Crippen molar-refractivity contribution < 1.29 is 40.7 Å². The lowest BCUT2D eigenvalue weighted by molar-refractivity contribution is -0.274. The maximum Gasteiger partial charge on any atom is 0.573 e. The zero-order valence-electron chi connectivity index (χ0n) is 17.7. The fourth-order valence-corrected chi connectivity index (χ4v) is 3.85. The molecule has 2 N–H and O–H groups in total. The number of benzene rings is 1. The summed E-state index contributed by atoms with van der Waals surface area (Å²) in [5, 5.41) is 5.10. The molecule has 0 unspecified atom stereocenters. The summed E-state index contributed by atoms with van der Waals surface area (Å²) in [5.74, 6) is -1.78. The summed E-state index contributed by atoms with van der Waals surface area (Å²) >= 11 is 0. The minimum Gasteiger partial charge on any atom is -0.406 e. The van der Waals surface area contributed by atoms with Gasteiger partial charge >= 0.3 is 12.5 Å². The van der Waals surface area contributed by atoms with Crippen LogP contribution in [0, 0.1) is 11.3 Å². The summed E-state index contributed by atoms with van der Waals surface area (Å²) in [5.41, 5.74) is -2.16. The molecule has 0 radical (unpaired) electrons. The molecule has 1 aromatic carbocycles. The molecule has 1 saturated carbocycles. The van der Waals surface area contributed by atoms with Crippen LogP contribution < -0.4 is 15.4 Å². The van der Waals surface area contributed by atoms with Crippen LogP contribution in [0.15, 0.2) is 24.3 Å². The van der Waals surface area contributed by atoms with E-state index in [2.05, 4.69) is 15.4 Å². The van der Waals surface area contributed by atoms with E-state index in [1.165, 1.54) is 12.1 Å². The molecule has 2 fully saturated rings. The molecule has 2 aliphatic rings. The van der Waals surface area contributed by atoms with Crippen LogP contribution in [0.5, 0.6) is 5.75 Å². The number of likely N-dealkylation sites (tertiary alicyclic amines) is 1. The lowest BCUT2D eigenvalue weighted by atomic mass is 9.96. The third kappa shape index (κ3) is 6.75. The molecule has 1 aromatic rings. The van der Waals surface area contributed by atoms with E-state index in [1.807, 2.05) is 4.90 Å². The number of hydrogen-bond donors (Lipinski definition) is 2. The van der Waals surface area contributed by atoms with Crippen molar-refractivity contribution in [3.8, 4) is 5.75 Å². The lowest BCUT2D eigenvalue weighted by Crippen LogP contribution is -2.45. The van der Waals surface area contributed by atoms with E-state index in [9.17, 15) is 35.9 Å². The molecule has 1 aliphatic carbocycles. The minimum absolute atomic E-state index is 0.0530. The van der Waals surface area contributed by atoms with Crippen LogP contribution in [0.25, 0.3) is 0 Å². The van der Waals surface area contributed by atoms with Gasteiger partial charge in [0.05, 0.1) is 0 Å². The maximum atomic E-state index is 12.9. The second-order valence-electron chi connectivity index (χ2n) is 8.41. The Balaban J connectivity index is 1.35. The topological polar surface area (TPSA) is 70.7 Å². The van der Waals surface area contributed by atoms with Crippen LogP contribution in [0.4, 0.5) is 26.3 Å². The molecule has 6 nitrogen and oxygen atoms in total. The molecule has 0 atom stereocenters. The molecule has 1 saturated heterocycles. The number of nitrogens with one attached hydrogen (secondary N) is 2. The summed E-state index contributed by atoms with van der Waals surface area (Å²) in [6.45, 7) is 2.24. The highest BCUT2D eigenvalue weighted by Gasteiger charge is 2.68.